The highest BCUT2D eigenvalue weighted by Gasteiger charge is 2.12. The largest absolute Gasteiger partial charge is 0.0885 e. The molecule has 0 rings (SSSR count). The number of unbranched alkanes of at least 4 members (excludes halogenated alkanes) is 12. The van der Waals surface area contributed by atoms with Crippen molar-refractivity contribution in [1.29, 1.82) is 0 Å². The number of hydrogen-bond donors (Lipinski definition) is 0. The van der Waals surface area contributed by atoms with E-state index >= 15 is 0 Å². The Morgan fingerprint density at radius 2 is 1.04 bits per heavy atom. The third-order valence-electron chi connectivity index (χ3n) is 5.50. The molecule has 0 bridgehead atoms. The monoisotopic (exact) mass is 348 g/mol. The Bertz CT molecular complexity index is 263. The quantitative estimate of drug-likeness (QED) is 0.161. The summed E-state index contributed by atoms with van der Waals surface area (Å²) < 4.78 is 0. The summed E-state index contributed by atoms with van der Waals surface area (Å²) in [5, 5.41) is 0. The van der Waals surface area contributed by atoms with Crippen molar-refractivity contribution in [3.63, 3.8) is 0 Å². The van der Waals surface area contributed by atoms with Gasteiger partial charge in [0.25, 0.3) is 0 Å². The third kappa shape index (κ3) is 18.3. The third-order valence-corrected chi connectivity index (χ3v) is 5.50. The van der Waals surface area contributed by atoms with Crippen molar-refractivity contribution in [2.75, 3.05) is 0 Å². The average Bonchev–Trinajstić information content (AvgIpc) is 2.60. The molecule has 0 heterocycles. The van der Waals surface area contributed by atoms with Crippen molar-refractivity contribution in [1.82, 2.24) is 0 Å². The van der Waals surface area contributed by atoms with Crippen molar-refractivity contribution in [3.8, 4) is 0 Å². The van der Waals surface area contributed by atoms with Crippen LogP contribution in [0.1, 0.15) is 123 Å². The van der Waals surface area contributed by atoms with E-state index in [0.717, 1.165) is 31.1 Å². The van der Waals surface area contributed by atoms with Crippen LogP contribution in [-0.2, 0) is 0 Å². The zero-order chi connectivity index (χ0) is 18.6. The number of hydrogen-bond acceptors (Lipinski definition) is 0. The molecule has 0 fully saturated rings. The van der Waals surface area contributed by atoms with Gasteiger partial charge in [0.05, 0.1) is 0 Å². The van der Waals surface area contributed by atoms with Crippen LogP contribution in [0, 0.1) is 25.7 Å². The molecule has 0 amide bonds. The summed E-state index contributed by atoms with van der Waals surface area (Å²) in [7, 11) is 0. The topological polar surface area (TPSA) is 0 Å². The molecule has 148 valence electrons. The van der Waals surface area contributed by atoms with Crippen molar-refractivity contribution in [3.05, 3.63) is 26.0 Å². The highest BCUT2D eigenvalue weighted by molar-refractivity contribution is 4.81. The molecule has 0 aromatic rings. The molecular formula is C25H48. The van der Waals surface area contributed by atoms with Gasteiger partial charge in [0.15, 0.2) is 0 Å². The molecule has 0 aromatic carbocycles. The van der Waals surface area contributed by atoms with Gasteiger partial charge in [-0.05, 0) is 37.5 Å². The molecule has 0 saturated heterocycles. The van der Waals surface area contributed by atoms with Crippen molar-refractivity contribution in [2.45, 2.75) is 123 Å². The van der Waals surface area contributed by atoms with E-state index < -0.39 is 0 Å². The lowest BCUT2D eigenvalue weighted by Gasteiger charge is -2.20. The molecule has 0 spiro atoms. The molecule has 0 aliphatic carbocycles. The van der Waals surface area contributed by atoms with Gasteiger partial charge in [-0.3, -0.25) is 0 Å². The van der Waals surface area contributed by atoms with Crippen LogP contribution in [-0.4, -0.2) is 0 Å². The van der Waals surface area contributed by atoms with Crippen LogP contribution >= 0.6 is 0 Å². The predicted octanol–water partition coefficient (Wildman–Crippen LogP) is 9.11. The highest BCUT2D eigenvalue weighted by Crippen LogP contribution is 2.25. The zero-order valence-corrected chi connectivity index (χ0v) is 17.7. The smallest absolute Gasteiger partial charge is 0.0351 e. The second-order valence-corrected chi connectivity index (χ2v) is 8.23. The van der Waals surface area contributed by atoms with E-state index in [1.54, 1.807) is 0 Å². The molecule has 2 radical (unpaired) electrons. The van der Waals surface area contributed by atoms with Crippen LogP contribution < -0.4 is 0 Å². The van der Waals surface area contributed by atoms with Crippen LogP contribution in [0.5, 0.6) is 0 Å². The van der Waals surface area contributed by atoms with Gasteiger partial charge in [0, 0.05) is 0 Å². The molecule has 0 saturated carbocycles. The minimum Gasteiger partial charge on any atom is -0.0885 e. The lowest BCUT2D eigenvalue weighted by Crippen LogP contribution is -2.08. The summed E-state index contributed by atoms with van der Waals surface area (Å²) in [5.74, 6) is 1.83. The van der Waals surface area contributed by atoms with Gasteiger partial charge in [-0.15, -0.1) is 0 Å². The lowest BCUT2D eigenvalue weighted by molar-refractivity contribution is 0.313. The molecule has 0 N–H and O–H groups in total. The normalized spacial score (nSPS) is 13.2. The van der Waals surface area contributed by atoms with E-state index in [9.17, 15) is 0 Å². The standard InChI is InChI=1S/C25H48/c1-5-7-9-11-13-14-15-17-19-21-23-25(24(3)4)22-20-18-16-12-10-8-6-2/h9,11,24-25H,1-2,5-8,10,12-23H2,3-4H3. The van der Waals surface area contributed by atoms with Crippen molar-refractivity contribution < 1.29 is 0 Å². The Balaban J connectivity index is 3.50. The van der Waals surface area contributed by atoms with Crippen LogP contribution in [0.3, 0.4) is 0 Å². The van der Waals surface area contributed by atoms with Crippen LogP contribution in [0.4, 0.5) is 0 Å². The molecule has 1 unspecified atom stereocenters. The minimum atomic E-state index is 0.865. The molecule has 0 aromatic heterocycles. The summed E-state index contributed by atoms with van der Waals surface area (Å²) in [6.07, 6.45) is 27.7. The number of allylic oxidation sites excluding steroid dienone is 2. The second kappa shape index (κ2) is 20.1. The maximum atomic E-state index is 3.92. The Kier molecular flexibility index (Phi) is 19.8. The van der Waals surface area contributed by atoms with Gasteiger partial charge in [0.2, 0.25) is 0 Å². The van der Waals surface area contributed by atoms with E-state index in [2.05, 4.69) is 39.8 Å². The van der Waals surface area contributed by atoms with E-state index in [-0.39, 0.29) is 0 Å². The summed E-state index contributed by atoms with van der Waals surface area (Å²) in [5.41, 5.74) is 0. The Morgan fingerprint density at radius 3 is 1.56 bits per heavy atom. The van der Waals surface area contributed by atoms with E-state index in [4.69, 9.17) is 0 Å². The maximum absolute atomic E-state index is 3.92. The van der Waals surface area contributed by atoms with E-state index in [1.165, 1.54) is 89.9 Å². The highest BCUT2D eigenvalue weighted by atomic mass is 14.2. The Labute approximate surface area is 161 Å². The SMILES string of the molecule is [CH2]CCC=CCCCCCCCC(CCCCCCCC[CH2])C(C)C. The molecule has 1 atom stereocenters. The first kappa shape index (κ1) is 24.7. The summed E-state index contributed by atoms with van der Waals surface area (Å²) in [4.78, 5) is 0. The zero-order valence-electron chi connectivity index (χ0n) is 17.7. The van der Waals surface area contributed by atoms with Crippen LogP contribution in [0.15, 0.2) is 12.2 Å². The molecule has 0 nitrogen and oxygen atoms in total. The predicted molar refractivity (Wildman–Crippen MR) is 117 cm³/mol. The molecular weight excluding hydrogens is 300 g/mol. The van der Waals surface area contributed by atoms with Crippen molar-refractivity contribution >= 4 is 0 Å². The maximum Gasteiger partial charge on any atom is -0.0351 e. The molecule has 0 aliphatic heterocycles. The van der Waals surface area contributed by atoms with Crippen LogP contribution in [0.2, 0.25) is 0 Å². The minimum absolute atomic E-state index is 0.865. The number of rotatable bonds is 19. The fourth-order valence-corrected chi connectivity index (χ4v) is 3.65. The Hall–Kier alpha value is -0.260. The van der Waals surface area contributed by atoms with Gasteiger partial charge in [0.1, 0.15) is 0 Å². The van der Waals surface area contributed by atoms with E-state index in [1.807, 2.05) is 0 Å². The summed E-state index contributed by atoms with van der Waals surface area (Å²) in [6, 6.07) is 0. The first-order chi connectivity index (χ1) is 12.2. The average molecular weight is 349 g/mol. The van der Waals surface area contributed by atoms with Gasteiger partial charge in [-0.25, -0.2) is 0 Å². The lowest BCUT2D eigenvalue weighted by atomic mass is 9.85. The molecule has 0 aliphatic rings. The van der Waals surface area contributed by atoms with E-state index in [0.29, 0.717) is 0 Å². The second-order valence-electron chi connectivity index (χ2n) is 8.23. The summed E-state index contributed by atoms with van der Waals surface area (Å²) >= 11 is 0. The van der Waals surface area contributed by atoms with Gasteiger partial charge >= 0.3 is 0 Å². The molecule has 25 heavy (non-hydrogen) atoms. The van der Waals surface area contributed by atoms with Crippen LogP contribution in [0.25, 0.3) is 0 Å². The van der Waals surface area contributed by atoms with Gasteiger partial charge in [-0.2, -0.15) is 0 Å². The summed E-state index contributed by atoms with van der Waals surface area (Å²) in [6.45, 7) is 12.6. The van der Waals surface area contributed by atoms with Gasteiger partial charge in [-0.1, -0.05) is 123 Å². The first-order valence-corrected chi connectivity index (χ1v) is 11.5. The fourth-order valence-electron chi connectivity index (χ4n) is 3.65. The fraction of sp³-hybridized carbons (Fsp3) is 0.840. The Morgan fingerprint density at radius 1 is 0.560 bits per heavy atom. The van der Waals surface area contributed by atoms with Crippen molar-refractivity contribution in [2.24, 2.45) is 11.8 Å². The molecule has 0 heteroatoms. The van der Waals surface area contributed by atoms with Gasteiger partial charge < -0.3 is 0 Å². The first-order valence-electron chi connectivity index (χ1n) is 11.5.